The van der Waals surface area contributed by atoms with Crippen LogP contribution in [0.15, 0.2) is 63.8 Å². The van der Waals surface area contributed by atoms with Crippen LogP contribution >= 0.6 is 0 Å². The first kappa shape index (κ1) is 20.5. The zero-order valence-electron chi connectivity index (χ0n) is 17.0. The first-order valence-corrected chi connectivity index (χ1v) is 9.40. The lowest BCUT2D eigenvalue weighted by atomic mass is 9.96. The number of benzene rings is 2. The minimum Gasteiger partial charge on any atom is -0.497 e. The number of hydrogen-bond donors (Lipinski definition) is 1. The molecule has 0 unspecified atom stereocenters. The molecule has 29 heavy (non-hydrogen) atoms. The highest BCUT2D eigenvalue weighted by molar-refractivity contribution is 5.82. The highest BCUT2D eigenvalue weighted by Gasteiger charge is 2.23. The Morgan fingerprint density at radius 2 is 1.83 bits per heavy atom. The first-order chi connectivity index (χ1) is 13.7. The molecule has 6 heteroatoms. The van der Waals surface area contributed by atoms with Crippen LogP contribution in [-0.4, -0.2) is 18.8 Å². The Balaban J connectivity index is 2.05. The van der Waals surface area contributed by atoms with Crippen molar-refractivity contribution in [3.8, 4) is 5.75 Å². The summed E-state index contributed by atoms with van der Waals surface area (Å²) in [5.74, 6) is 0.581. The number of nitrogens with one attached hydrogen (secondary N) is 1. The van der Waals surface area contributed by atoms with Gasteiger partial charge < -0.3 is 19.2 Å². The van der Waals surface area contributed by atoms with E-state index in [2.05, 4.69) is 5.32 Å². The third kappa shape index (κ3) is 5.38. The van der Waals surface area contributed by atoms with Crippen LogP contribution in [0.4, 0.5) is 4.79 Å². The van der Waals surface area contributed by atoms with Gasteiger partial charge in [0.15, 0.2) is 0 Å². The van der Waals surface area contributed by atoms with Crippen molar-refractivity contribution in [3.05, 3.63) is 76.1 Å². The van der Waals surface area contributed by atoms with Gasteiger partial charge in [0.1, 0.15) is 16.9 Å². The van der Waals surface area contributed by atoms with Gasteiger partial charge in [-0.25, -0.2) is 9.59 Å². The molecule has 1 aromatic heterocycles. The highest BCUT2D eigenvalue weighted by Crippen LogP contribution is 2.28. The molecule has 0 radical (unpaired) electrons. The van der Waals surface area contributed by atoms with Crippen LogP contribution in [0.3, 0.4) is 0 Å². The number of ether oxygens (including phenoxy) is 2. The van der Waals surface area contributed by atoms with E-state index >= 15 is 0 Å². The zero-order valence-corrected chi connectivity index (χ0v) is 17.0. The third-order valence-corrected chi connectivity index (χ3v) is 4.33. The van der Waals surface area contributed by atoms with Gasteiger partial charge in [-0.15, -0.1) is 0 Å². The van der Waals surface area contributed by atoms with Crippen molar-refractivity contribution in [2.45, 2.75) is 38.8 Å². The summed E-state index contributed by atoms with van der Waals surface area (Å²) in [5, 5.41) is 3.64. The summed E-state index contributed by atoms with van der Waals surface area (Å²) in [6.45, 7) is 5.41. The number of amides is 1. The van der Waals surface area contributed by atoms with Crippen molar-refractivity contribution in [2.75, 3.05) is 7.11 Å². The lowest BCUT2D eigenvalue weighted by Gasteiger charge is -2.24. The maximum Gasteiger partial charge on any atom is 0.408 e. The first-order valence-electron chi connectivity index (χ1n) is 9.40. The fourth-order valence-corrected chi connectivity index (χ4v) is 3.12. The summed E-state index contributed by atoms with van der Waals surface area (Å²) < 4.78 is 16.0. The molecule has 0 saturated carbocycles. The molecular weight excluding hydrogens is 370 g/mol. The van der Waals surface area contributed by atoms with Crippen molar-refractivity contribution in [2.24, 2.45) is 0 Å². The molecule has 0 aliphatic carbocycles. The Morgan fingerprint density at radius 1 is 1.10 bits per heavy atom. The van der Waals surface area contributed by atoms with E-state index in [1.54, 1.807) is 40.0 Å². The number of fused-ring (bicyclic) bond motifs is 1. The summed E-state index contributed by atoms with van der Waals surface area (Å²) >= 11 is 0. The molecule has 1 amide bonds. The predicted octanol–water partition coefficient (Wildman–Crippen LogP) is 4.61. The van der Waals surface area contributed by atoms with Crippen LogP contribution < -0.4 is 15.7 Å². The summed E-state index contributed by atoms with van der Waals surface area (Å²) in [7, 11) is 1.55. The molecule has 6 nitrogen and oxygen atoms in total. The van der Waals surface area contributed by atoms with Gasteiger partial charge in [0.25, 0.3) is 0 Å². The topological polar surface area (TPSA) is 77.8 Å². The van der Waals surface area contributed by atoms with E-state index in [0.717, 1.165) is 10.9 Å². The van der Waals surface area contributed by atoms with Gasteiger partial charge in [-0.1, -0.05) is 30.3 Å². The molecule has 152 valence electrons. The van der Waals surface area contributed by atoms with Crippen LogP contribution in [0.2, 0.25) is 0 Å². The molecule has 0 fully saturated rings. The van der Waals surface area contributed by atoms with Crippen LogP contribution in [0.1, 0.15) is 37.9 Å². The maximum absolute atomic E-state index is 12.5. The Bertz CT molecular complexity index is 1050. The molecule has 0 aliphatic heterocycles. The smallest absolute Gasteiger partial charge is 0.408 e. The molecule has 1 heterocycles. The number of hydrogen-bond acceptors (Lipinski definition) is 5. The molecular formula is C23H25NO5. The Morgan fingerprint density at radius 3 is 2.48 bits per heavy atom. The summed E-state index contributed by atoms with van der Waals surface area (Å²) in [6.07, 6.45) is -0.0571. The van der Waals surface area contributed by atoms with Gasteiger partial charge in [0.2, 0.25) is 0 Å². The van der Waals surface area contributed by atoms with Crippen molar-refractivity contribution in [1.29, 1.82) is 0 Å². The minimum atomic E-state index is -0.632. The predicted molar refractivity (Wildman–Crippen MR) is 111 cm³/mol. The fourth-order valence-electron chi connectivity index (χ4n) is 3.12. The standard InChI is InChI=1S/C23H25NO5/c1-23(2,3)29-22(26)24-19(12-15-8-6-5-7-9-15)18-14-21(25)28-20-13-16(27-4)10-11-17(18)20/h5-11,13-14,19H,12H2,1-4H3,(H,24,26)/t19-/m0/s1. The second-order valence-corrected chi connectivity index (χ2v) is 7.77. The highest BCUT2D eigenvalue weighted by atomic mass is 16.6. The molecule has 2 aromatic carbocycles. The molecule has 1 atom stereocenters. The Labute approximate surface area is 169 Å². The molecule has 0 saturated heterocycles. The van der Waals surface area contributed by atoms with Crippen molar-refractivity contribution < 1.29 is 18.7 Å². The lowest BCUT2D eigenvalue weighted by molar-refractivity contribution is 0.0503. The van der Waals surface area contributed by atoms with Gasteiger partial charge in [-0.3, -0.25) is 0 Å². The van der Waals surface area contributed by atoms with E-state index in [1.165, 1.54) is 6.07 Å². The Kier molecular flexibility index (Phi) is 5.92. The van der Waals surface area contributed by atoms with Gasteiger partial charge >= 0.3 is 11.7 Å². The summed E-state index contributed by atoms with van der Waals surface area (Å²) in [6, 6.07) is 15.9. The normalized spacial score (nSPS) is 12.4. The number of rotatable bonds is 5. The lowest BCUT2D eigenvalue weighted by Crippen LogP contribution is -2.36. The van der Waals surface area contributed by atoms with Gasteiger partial charge in [-0.2, -0.15) is 0 Å². The van der Waals surface area contributed by atoms with E-state index in [1.807, 2.05) is 36.4 Å². The largest absolute Gasteiger partial charge is 0.497 e. The van der Waals surface area contributed by atoms with E-state index in [9.17, 15) is 9.59 Å². The molecule has 3 rings (SSSR count). The zero-order chi connectivity index (χ0) is 21.0. The summed E-state index contributed by atoms with van der Waals surface area (Å²) in [5.41, 5.74) is 0.949. The summed E-state index contributed by atoms with van der Waals surface area (Å²) in [4.78, 5) is 24.7. The number of carbonyl (C=O) groups is 1. The van der Waals surface area contributed by atoms with Crippen LogP contribution in [-0.2, 0) is 11.2 Å². The molecule has 0 spiro atoms. The van der Waals surface area contributed by atoms with E-state index in [0.29, 0.717) is 23.3 Å². The van der Waals surface area contributed by atoms with Crippen molar-refractivity contribution in [1.82, 2.24) is 5.32 Å². The van der Waals surface area contributed by atoms with E-state index < -0.39 is 23.4 Å². The molecule has 1 N–H and O–H groups in total. The number of alkyl carbamates (subject to hydrolysis) is 1. The fraction of sp³-hybridized carbons (Fsp3) is 0.304. The second kappa shape index (κ2) is 8.39. The Hall–Kier alpha value is -3.28. The van der Waals surface area contributed by atoms with Crippen LogP contribution in [0, 0.1) is 0 Å². The average molecular weight is 395 g/mol. The van der Waals surface area contributed by atoms with Crippen molar-refractivity contribution in [3.63, 3.8) is 0 Å². The van der Waals surface area contributed by atoms with Gasteiger partial charge in [-0.05, 0) is 50.5 Å². The SMILES string of the molecule is COc1ccc2c([C@H](Cc3ccccc3)NC(=O)OC(C)(C)C)cc(=O)oc2c1. The van der Waals surface area contributed by atoms with E-state index in [4.69, 9.17) is 13.9 Å². The monoisotopic (exact) mass is 395 g/mol. The maximum atomic E-state index is 12.5. The van der Waals surface area contributed by atoms with E-state index in [-0.39, 0.29) is 0 Å². The third-order valence-electron chi connectivity index (χ3n) is 4.33. The average Bonchev–Trinajstić information content (AvgIpc) is 2.65. The molecule has 0 bridgehead atoms. The van der Waals surface area contributed by atoms with Gasteiger partial charge in [0, 0.05) is 17.5 Å². The van der Waals surface area contributed by atoms with Crippen LogP contribution in [0.5, 0.6) is 5.75 Å². The van der Waals surface area contributed by atoms with Crippen molar-refractivity contribution >= 4 is 17.1 Å². The number of methoxy groups -OCH3 is 1. The number of carbonyl (C=O) groups excluding carboxylic acids is 1. The quantitative estimate of drug-likeness (QED) is 0.638. The van der Waals surface area contributed by atoms with Gasteiger partial charge in [0.05, 0.1) is 13.2 Å². The molecule has 3 aromatic rings. The second-order valence-electron chi connectivity index (χ2n) is 7.77. The van der Waals surface area contributed by atoms with Crippen LogP contribution in [0.25, 0.3) is 11.0 Å². The molecule has 0 aliphatic rings. The minimum absolute atomic E-state index is 0.399.